The van der Waals surface area contributed by atoms with Gasteiger partial charge in [0.2, 0.25) is 0 Å². The highest BCUT2D eigenvalue weighted by atomic mass is 79.9. The third-order valence-electron chi connectivity index (χ3n) is 3.87. The Bertz CT molecular complexity index is 358. The Hall–Kier alpha value is 0.100. The number of halogens is 1. The minimum absolute atomic E-state index is 0.759. The Morgan fingerprint density at radius 2 is 2.11 bits per heavy atom. The van der Waals surface area contributed by atoms with E-state index in [9.17, 15) is 0 Å². The van der Waals surface area contributed by atoms with Crippen LogP contribution in [0.25, 0.3) is 0 Å². The predicted octanol–water partition coefficient (Wildman–Crippen LogP) is 3.86. The molecule has 0 spiro atoms. The second-order valence-corrected chi connectivity index (χ2v) is 7.53. The fourth-order valence-electron chi connectivity index (χ4n) is 2.86. The molecule has 0 saturated heterocycles. The van der Waals surface area contributed by atoms with Crippen molar-refractivity contribution in [1.82, 2.24) is 10.2 Å². The van der Waals surface area contributed by atoms with Gasteiger partial charge in [-0.2, -0.15) is 0 Å². The van der Waals surface area contributed by atoms with Crippen LogP contribution in [0.4, 0.5) is 0 Å². The number of nitrogens with zero attached hydrogens (tertiary/aromatic N) is 1. The maximum atomic E-state index is 3.57. The fourth-order valence-corrected chi connectivity index (χ4v) is 4.06. The van der Waals surface area contributed by atoms with Gasteiger partial charge in [-0.15, -0.1) is 11.3 Å². The molecular formula is C14H23BrN2S. The van der Waals surface area contributed by atoms with Gasteiger partial charge in [0.05, 0.1) is 3.79 Å². The molecule has 1 N–H and O–H groups in total. The standard InChI is InChI=1S/C14H23BrN2S/c1-3-16-12-4-6-13(7-5-12)17(2)9-11-8-14(15)18-10-11/h8,10,12-13,16H,3-7,9H2,1-2H3. The molecule has 0 atom stereocenters. The molecule has 1 heterocycles. The number of hydrogen-bond acceptors (Lipinski definition) is 3. The van der Waals surface area contributed by atoms with Crippen LogP contribution in [0, 0.1) is 0 Å². The fraction of sp³-hybridized carbons (Fsp3) is 0.714. The van der Waals surface area contributed by atoms with Crippen LogP contribution in [0.5, 0.6) is 0 Å². The molecule has 0 aromatic carbocycles. The van der Waals surface area contributed by atoms with Gasteiger partial charge in [-0.3, -0.25) is 4.90 Å². The van der Waals surface area contributed by atoms with Crippen LogP contribution in [0.1, 0.15) is 38.2 Å². The second kappa shape index (κ2) is 7.04. The van der Waals surface area contributed by atoms with E-state index in [-0.39, 0.29) is 0 Å². The Morgan fingerprint density at radius 3 is 2.67 bits per heavy atom. The third-order valence-corrected chi connectivity index (χ3v) is 5.42. The summed E-state index contributed by atoms with van der Waals surface area (Å²) in [6, 6.07) is 3.76. The van der Waals surface area contributed by atoms with Gasteiger partial charge in [-0.05, 0) is 72.2 Å². The summed E-state index contributed by atoms with van der Waals surface area (Å²) in [4.78, 5) is 2.52. The van der Waals surface area contributed by atoms with E-state index < -0.39 is 0 Å². The number of nitrogens with one attached hydrogen (secondary N) is 1. The second-order valence-electron chi connectivity index (χ2n) is 5.24. The van der Waals surface area contributed by atoms with Crippen LogP contribution in [0.3, 0.4) is 0 Å². The van der Waals surface area contributed by atoms with E-state index in [1.54, 1.807) is 11.3 Å². The average Bonchev–Trinajstić information content (AvgIpc) is 2.76. The van der Waals surface area contributed by atoms with Gasteiger partial charge in [0.1, 0.15) is 0 Å². The van der Waals surface area contributed by atoms with E-state index in [1.807, 2.05) is 0 Å². The van der Waals surface area contributed by atoms with Gasteiger partial charge in [0.25, 0.3) is 0 Å². The molecule has 4 heteroatoms. The zero-order valence-electron chi connectivity index (χ0n) is 11.3. The monoisotopic (exact) mass is 330 g/mol. The quantitative estimate of drug-likeness (QED) is 0.881. The summed E-state index contributed by atoms with van der Waals surface area (Å²) in [5.41, 5.74) is 1.43. The molecule has 102 valence electrons. The van der Waals surface area contributed by atoms with Gasteiger partial charge in [0.15, 0.2) is 0 Å². The zero-order valence-corrected chi connectivity index (χ0v) is 13.7. The van der Waals surface area contributed by atoms with Crippen LogP contribution in [0.2, 0.25) is 0 Å². The molecule has 1 aliphatic rings. The van der Waals surface area contributed by atoms with E-state index in [2.05, 4.69) is 51.6 Å². The summed E-state index contributed by atoms with van der Waals surface area (Å²) >= 11 is 5.31. The molecule has 18 heavy (non-hydrogen) atoms. The van der Waals surface area contributed by atoms with Crippen molar-refractivity contribution in [3.8, 4) is 0 Å². The highest BCUT2D eigenvalue weighted by Gasteiger charge is 2.23. The van der Waals surface area contributed by atoms with Crippen molar-refractivity contribution in [3.05, 3.63) is 20.8 Å². The minimum atomic E-state index is 0.759. The lowest BCUT2D eigenvalue weighted by Crippen LogP contribution is -2.40. The molecule has 1 aromatic rings. The van der Waals surface area contributed by atoms with Gasteiger partial charge in [-0.25, -0.2) is 0 Å². The van der Waals surface area contributed by atoms with Crippen LogP contribution >= 0.6 is 27.3 Å². The summed E-state index contributed by atoms with van der Waals surface area (Å²) in [6.07, 6.45) is 5.32. The summed E-state index contributed by atoms with van der Waals surface area (Å²) in [5, 5.41) is 5.83. The van der Waals surface area contributed by atoms with Crippen molar-refractivity contribution in [2.75, 3.05) is 13.6 Å². The molecule has 2 rings (SSSR count). The molecule has 0 bridgehead atoms. The lowest BCUT2D eigenvalue weighted by Gasteiger charge is -2.34. The topological polar surface area (TPSA) is 15.3 Å². The van der Waals surface area contributed by atoms with E-state index in [0.717, 1.165) is 25.2 Å². The van der Waals surface area contributed by atoms with Crippen molar-refractivity contribution >= 4 is 27.3 Å². The SMILES string of the molecule is CCNC1CCC(N(C)Cc2csc(Br)c2)CC1. The van der Waals surface area contributed by atoms with Gasteiger partial charge in [0, 0.05) is 18.6 Å². The van der Waals surface area contributed by atoms with Crippen molar-refractivity contribution < 1.29 is 0 Å². The van der Waals surface area contributed by atoms with Crippen molar-refractivity contribution in [3.63, 3.8) is 0 Å². The van der Waals surface area contributed by atoms with Crippen LogP contribution < -0.4 is 5.32 Å². The number of hydrogen-bond donors (Lipinski definition) is 1. The molecular weight excluding hydrogens is 308 g/mol. The molecule has 1 aromatic heterocycles. The van der Waals surface area contributed by atoms with Crippen LogP contribution in [0.15, 0.2) is 15.2 Å². The largest absolute Gasteiger partial charge is 0.314 e. The maximum absolute atomic E-state index is 3.57. The smallest absolute Gasteiger partial charge is 0.0701 e. The molecule has 0 unspecified atom stereocenters. The van der Waals surface area contributed by atoms with E-state index in [1.165, 1.54) is 35.0 Å². The molecule has 0 amide bonds. The molecule has 1 fully saturated rings. The van der Waals surface area contributed by atoms with E-state index >= 15 is 0 Å². The Kier molecular flexibility index (Phi) is 5.67. The first-order valence-electron chi connectivity index (χ1n) is 6.85. The van der Waals surface area contributed by atoms with E-state index in [0.29, 0.717) is 0 Å². The first-order chi connectivity index (χ1) is 8.69. The van der Waals surface area contributed by atoms with Crippen molar-refractivity contribution in [2.24, 2.45) is 0 Å². The molecule has 1 saturated carbocycles. The highest BCUT2D eigenvalue weighted by Crippen LogP contribution is 2.26. The molecule has 1 aliphatic carbocycles. The first-order valence-corrected chi connectivity index (χ1v) is 8.53. The van der Waals surface area contributed by atoms with Crippen molar-refractivity contribution in [1.29, 1.82) is 0 Å². The highest BCUT2D eigenvalue weighted by molar-refractivity contribution is 9.11. The molecule has 0 radical (unpaired) electrons. The molecule has 2 nitrogen and oxygen atoms in total. The van der Waals surface area contributed by atoms with Gasteiger partial charge < -0.3 is 5.32 Å². The Labute approximate surface area is 123 Å². The van der Waals surface area contributed by atoms with Gasteiger partial charge >= 0.3 is 0 Å². The van der Waals surface area contributed by atoms with Crippen molar-refractivity contribution in [2.45, 2.75) is 51.2 Å². The zero-order chi connectivity index (χ0) is 13.0. The maximum Gasteiger partial charge on any atom is 0.0701 e. The number of thiophene rings is 1. The average molecular weight is 331 g/mol. The molecule has 0 aliphatic heterocycles. The summed E-state index contributed by atoms with van der Waals surface area (Å²) in [7, 11) is 2.27. The number of rotatable bonds is 5. The van der Waals surface area contributed by atoms with Crippen LogP contribution in [-0.4, -0.2) is 30.6 Å². The third kappa shape index (κ3) is 4.05. The Balaban J connectivity index is 1.78. The minimum Gasteiger partial charge on any atom is -0.314 e. The lowest BCUT2D eigenvalue weighted by atomic mass is 9.90. The van der Waals surface area contributed by atoms with E-state index in [4.69, 9.17) is 0 Å². The Morgan fingerprint density at radius 1 is 1.39 bits per heavy atom. The summed E-state index contributed by atoms with van der Waals surface area (Å²) in [5.74, 6) is 0. The predicted molar refractivity (Wildman–Crippen MR) is 83.2 cm³/mol. The lowest BCUT2D eigenvalue weighted by molar-refractivity contribution is 0.168. The van der Waals surface area contributed by atoms with Crippen LogP contribution in [-0.2, 0) is 6.54 Å². The first kappa shape index (κ1) is 14.5. The summed E-state index contributed by atoms with van der Waals surface area (Å²) < 4.78 is 1.24. The van der Waals surface area contributed by atoms with Gasteiger partial charge in [-0.1, -0.05) is 6.92 Å². The summed E-state index contributed by atoms with van der Waals surface area (Å²) in [6.45, 7) is 4.39. The normalized spacial score (nSPS) is 24.7.